The summed E-state index contributed by atoms with van der Waals surface area (Å²) >= 11 is 3.27. The van der Waals surface area contributed by atoms with Gasteiger partial charge in [-0.15, -0.1) is 0 Å². The van der Waals surface area contributed by atoms with Crippen molar-refractivity contribution in [1.82, 2.24) is 0 Å². The third-order valence-electron chi connectivity index (χ3n) is 4.56. The molecule has 166 valence electrons. The summed E-state index contributed by atoms with van der Waals surface area (Å²) in [5, 5.41) is 0. The maximum atomic E-state index is 13.9. The first-order chi connectivity index (χ1) is 15.1. The molecule has 0 spiro atoms. The van der Waals surface area contributed by atoms with Gasteiger partial charge in [-0.05, 0) is 38.5 Å². The number of benzene rings is 3. The Morgan fingerprint density at radius 3 is 1.94 bits per heavy atom. The number of hydrogen-bond donors (Lipinski definition) is 0. The van der Waals surface area contributed by atoms with Crippen molar-refractivity contribution in [3.8, 4) is 0 Å². The topological polar surface area (TPSA) is 38.7 Å². The summed E-state index contributed by atoms with van der Waals surface area (Å²) in [5.41, 5.74) is 1.97. The van der Waals surface area contributed by atoms with Crippen LogP contribution in [0.15, 0.2) is 82.3 Å². The van der Waals surface area contributed by atoms with E-state index >= 15 is 0 Å². The fourth-order valence-corrected chi connectivity index (χ4v) is 3.62. The summed E-state index contributed by atoms with van der Waals surface area (Å²) in [6.07, 6.45) is 0.0376. The molecule has 1 atom stereocenters. The van der Waals surface area contributed by atoms with Crippen molar-refractivity contribution < 1.29 is 18.3 Å². The molecule has 0 heterocycles. The van der Waals surface area contributed by atoms with E-state index in [-0.39, 0.29) is 6.42 Å². The molecule has 32 heavy (non-hydrogen) atoms. The summed E-state index contributed by atoms with van der Waals surface area (Å²) < 4.78 is 33.5. The number of ether oxygens (including phenoxy) is 1. The highest BCUT2D eigenvalue weighted by atomic mass is 79.9. The normalized spacial score (nSPS) is 12.2. The van der Waals surface area contributed by atoms with Crippen molar-refractivity contribution in [1.29, 1.82) is 0 Å². The first-order valence-electron chi connectivity index (χ1n) is 10.2. The second kappa shape index (κ2) is 10.2. The molecule has 0 aliphatic rings. The predicted octanol–water partition coefficient (Wildman–Crippen LogP) is 6.52. The van der Waals surface area contributed by atoms with E-state index in [0.717, 1.165) is 23.3 Å². The van der Waals surface area contributed by atoms with E-state index in [1.54, 1.807) is 20.8 Å². The highest BCUT2D eigenvalue weighted by Gasteiger charge is 2.27. The van der Waals surface area contributed by atoms with Crippen LogP contribution in [0.3, 0.4) is 0 Å². The molecule has 3 nitrogen and oxygen atoms in total. The number of aliphatic imine (C=N–C) groups is 1. The summed E-state index contributed by atoms with van der Waals surface area (Å²) in [5.74, 6) is -2.49. The maximum Gasteiger partial charge on any atom is 0.331 e. The Morgan fingerprint density at radius 2 is 1.44 bits per heavy atom. The zero-order valence-electron chi connectivity index (χ0n) is 18.1. The van der Waals surface area contributed by atoms with E-state index in [4.69, 9.17) is 9.73 Å². The Bertz CT molecular complexity index is 1070. The predicted molar refractivity (Wildman–Crippen MR) is 126 cm³/mol. The number of nitrogens with zero attached hydrogens (tertiary/aromatic N) is 1. The number of halogens is 3. The van der Waals surface area contributed by atoms with Gasteiger partial charge in [-0.25, -0.2) is 13.6 Å². The van der Waals surface area contributed by atoms with E-state index in [1.165, 1.54) is 0 Å². The van der Waals surface area contributed by atoms with Crippen LogP contribution in [0.25, 0.3) is 0 Å². The molecule has 0 bridgehead atoms. The molecular weight excluding hydrogens is 476 g/mol. The molecule has 3 aromatic carbocycles. The highest BCUT2D eigenvalue weighted by Crippen LogP contribution is 2.24. The van der Waals surface area contributed by atoms with Crippen molar-refractivity contribution in [2.45, 2.75) is 38.8 Å². The maximum absolute atomic E-state index is 13.9. The largest absolute Gasteiger partial charge is 0.458 e. The second-order valence-corrected chi connectivity index (χ2v) is 9.18. The van der Waals surface area contributed by atoms with Crippen molar-refractivity contribution in [2.75, 3.05) is 0 Å². The lowest BCUT2D eigenvalue weighted by Crippen LogP contribution is -2.33. The average Bonchev–Trinajstić information content (AvgIpc) is 2.74. The fourth-order valence-electron chi connectivity index (χ4n) is 3.14. The third-order valence-corrected chi connectivity index (χ3v) is 5.30. The van der Waals surface area contributed by atoms with Gasteiger partial charge in [0.25, 0.3) is 0 Å². The second-order valence-electron chi connectivity index (χ2n) is 8.32. The van der Waals surface area contributed by atoms with Gasteiger partial charge in [0.2, 0.25) is 0 Å². The molecule has 0 saturated carbocycles. The molecular formula is C26H24BrF2NO2. The minimum absolute atomic E-state index is 0.0376. The summed E-state index contributed by atoms with van der Waals surface area (Å²) in [6, 6.07) is 20.2. The van der Waals surface area contributed by atoms with Crippen LogP contribution in [-0.2, 0) is 16.0 Å². The zero-order chi connectivity index (χ0) is 23.3. The Morgan fingerprint density at radius 1 is 0.938 bits per heavy atom. The minimum atomic E-state index is -0.985. The number of hydrogen-bond acceptors (Lipinski definition) is 3. The Kier molecular flexibility index (Phi) is 7.56. The van der Waals surface area contributed by atoms with Crippen molar-refractivity contribution in [3.63, 3.8) is 0 Å². The average molecular weight is 500 g/mol. The van der Waals surface area contributed by atoms with Gasteiger partial charge in [-0.2, -0.15) is 0 Å². The van der Waals surface area contributed by atoms with Gasteiger partial charge in [0.15, 0.2) is 17.7 Å². The van der Waals surface area contributed by atoms with Crippen LogP contribution in [0.5, 0.6) is 0 Å². The van der Waals surface area contributed by atoms with Crippen LogP contribution < -0.4 is 0 Å². The molecule has 0 saturated heterocycles. The number of carbonyl (C=O) groups is 1. The van der Waals surface area contributed by atoms with E-state index < -0.39 is 29.2 Å². The first-order valence-corrected chi connectivity index (χ1v) is 11.0. The molecule has 6 heteroatoms. The van der Waals surface area contributed by atoms with Crippen LogP contribution >= 0.6 is 15.9 Å². The lowest BCUT2D eigenvalue weighted by molar-refractivity contribution is -0.156. The van der Waals surface area contributed by atoms with E-state index in [0.29, 0.717) is 15.7 Å². The van der Waals surface area contributed by atoms with E-state index in [1.807, 2.05) is 60.7 Å². The smallest absolute Gasteiger partial charge is 0.331 e. The third kappa shape index (κ3) is 6.33. The van der Waals surface area contributed by atoms with Gasteiger partial charge in [-0.1, -0.05) is 76.6 Å². The molecule has 0 N–H and O–H groups in total. The van der Waals surface area contributed by atoms with Gasteiger partial charge >= 0.3 is 5.97 Å². The summed E-state index contributed by atoms with van der Waals surface area (Å²) in [6.45, 7) is 5.32. The Hall–Kier alpha value is -2.86. The van der Waals surface area contributed by atoms with Gasteiger partial charge in [0, 0.05) is 22.0 Å². The van der Waals surface area contributed by atoms with Crippen LogP contribution in [0.4, 0.5) is 8.78 Å². The number of carbonyl (C=O) groups excluding carboxylic acids is 1. The lowest BCUT2D eigenvalue weighted by Gasteiger charge is -2.23. The Balaban J connectivity index is 2.11. The molecule has 3 aromatic rings. The van der Waals surface area contributed by atoms with E-state index in [9.17, 15) is 13.6 Å². The summed E-state index contributed by atoms with van der Waals surface area (Å²) in [7, 11) is 0. The lowest BCUT2D eigenvalue weighted by atomic mass is 10.0. The molecule has 0 aliphatic carbocycles. The molecule has 0 radical (unpaired) electrons. The fraction of sp³-hybridized carbons (Fsp3) is 0.231. The van der Waals surface area contributed by atoms with E-state index in [2.05, 4.69) is 15.9 Å². The van der Waals surface area contributed by atoms with Gasteiger partial charge in [0.05, 0.1) is 5.71 Å². The van der Waals surface area contributed by atoms with Crippen molar-refractivity contribution in [3.05, 3.63) is 106 Å². The Labute approximate surface area is 195 Å². The summed E-state index contributed by atoms with van der Waals surface area (Å²) in [4.78, 5) is 17.9. The van der Waals surface area contributed by atoms with Gasteiger partial charge in [-0.3, -0.25) is 4.99 Å². The zero-order valence-corrected chi connectivity index (χ0v) is 19.7. The number of rotatable bonds is 6. The molecule has 0 fully saturated rings. The molecule has 0 amide bonds. The standard InChI is InChI=1S/C26H24BrF2NO2/c1-26(2,3)32-25(31)23(15-19-14-21(28)22(29)16-20(19)27)30-24(17-10-6-4-7-11-17)18-12-8-5-9-13-18/h4-14,16,23H,15H2,1-3H3. The van der Waals surface area contributed by atoms with Crippen LogP contribution in [0, 0.1) is 11.6 Å². The van der Waals surface area contributed by atoms with Crippen LogP contribution in [0.2, 0.25) is 0 Å². The SMILES string of the molecule is CC(C)(C)OC(=O)C(Cc1cc(F)c(F)cc1Br)N=C(c1ccccc1)c1ccccc1. The van der Waals surface area contributed by atoms with Crippen molar-refractivity contribution >= 4 is 27.6 Å². The van der Waals surface area contributed by atoms with Gasteiger partial charge < -0.3 is 4.74 Å². The molecule has 0 aliphatic heterocycles. The van der Waals surface area contributed by atoms with Crippen LogP contribution in [0.1, 0.15) is 37.5 Å². The molecule has 1 unspecified atom stereocenters. The minimum Gasteiger partial charge on any atom is -0.458 e. The molecule has 0 aromatic heterocycles. The quantitative estimate of drug-likeness (QED) is 0.220. The monoisotopic (exact) mass is 499 g/mol. The van der Waals surface area contributed by atoms with Crippen LogP contribution in [-0.4, -0.2) is 23.3 Å². The molecule has 3 rings (SSSR count). The van der Waals surface area contributed by atoms with Gasteiger partial charge in [0.1, 0.15) is 5.60 Å². The number of esters is 1. The first kappa shape index (κ1) is 23.8. The highest BCUT2D eigenvalue weighted by molar-refractivity contribution is 9.10. The van der Waals surface area contributed by atoms with Crippen molar-refractivity contribution in [2.24, 2.45) is 4.99 Å².